The Kier molecular flexibility index (Phi) is 3.61. The quantitative estimate of drug-likeness (QED) is 0.835. The van der Waals surface area contributed by atoms with Gasteiger partial charge in [0.15, 0.2) is 0 Å². The number of carboxylic acid groups (broad SMARTS) is 1. The Labute approximate surface area is 124 Å². The number of aliphatic carboxylic acids is 1. The summed E-state index contributed by atoms with van der Waals surface area (Å²) in [5.74, 6) is -0.674. The molecule has 0 atom stereocenters. The summed E-state index contributed by atoms with van der Waals surface area (Å²) in [6, 6.07) is 3.33. The number of hydrogen-bond donors (Lipinski definition) is 2. The van der Waals surface area contributed by atoms with Crippen molar-refractivity contribution in [2.24, 2.45) is 16.7 Å². The molecule has 1 fully saturated rings. The van der Waals surface area contributed by atoms with Gasteiger partial charge in [-0.1, -0.05) is 27.7 Å². The Morgan fingerprint density at radius 3 is 2.43 bits per heavy atom. The maximum Gasteiger partial charge on any atom is 0.328 e. The van der Waals surface area contributed by atoms with Crippen LogP contribution in [0.4, 0.5) is 5.82 Å². The third-order valence-electron chi connectivity index (χ3n) is 4.74. The average molecular weight is 288 g/mol. The molecule has 1 aromatic heterocycles. The van der Waals surface area contributed by atoms with Crippen LogP contribution in [0.3, 0.4) is 0 Å². The Morgan fingerprint density at radius 1 is 1.29 bits per heavy atom. The van der Waals surface area contributed by atoms with Crippen LogP contribution in [0.15, 0.2) is 24.4 Å². The number of anilines is 1. The van der Waals surface area contributed by atoms with Gasteiger partial charge in [-0.05, 0) is 34.6 Å². The molecule has 1 heterocycles. The van der Waals surface area contributed by atoms with E-state index < -0.39 is 5.97 Å². The molecule has 5 nitrogen and oxygen atoms in total. The minimum Gasteiger partial charge on any atom is -0.478 e. The van der Waals surface area contributed by atoms with Gasteiger partial charge < -0.3 is 10.4 Å². The number of nitrogens with zero attached hydrogens (tertiary/aromatic N) is 1. The molecule has 0 bridgehead atoms. The van der Waals surface area contributed by atoms with Crippen molar-refractivity contribution >= 4 is 23.8 Å². The van der Waals surface area contributed by atoms with E-state index in [-0.39, 0.29) is 22.7 Å². The van der Waals surface area contributed by atoms with E-state index in [0.29, 0.717) is 11.4 Å². The van der Waals surface area contributed by atoms with E-state index in [1.54, 1.807) is 18.3 Å². The minimum absolute atomic E-state index is 0.0299. The SMILES string of the molecule is CC1(C)C(C(=O)Nc2cc(/C=C/C(=O)O)ccn2)C1(C)C. The number of carbonyl (C=O) groups is 2. The smallest absolute Gasteiger partial charge is 0.328 e. The Balaban J connectivity index is 2.09. The van der Waals surface area contributed by atoms with Crippen molar-refractivity contribution in [2.75, 3.05) is 5.32 Å². The summed E-state index contributed by atoms with van der Waals surface area (Å²) in [6.07, 6.45) is 4.05. The number of rotatable bonds is 4. The number of carboxylic acids is 1. The highest BCUT2D eigenvalue weighted by atomic mass is 16.4. The molecule has 0 spiro atoms. The minimum atomic E-state index is -1.01. The van der Waals surface area contributed by atoms with Gasteiger partial charge in [0.25, 0.3) is 0 Å². The van der Waals surface area contributed by atoms with Crippen LogP contribution in [0.1, 0.15) is 33.3 Å². The zero-order chi connectivity index (χ0) is 15.8. The molecule has 2 rings (SSSR count). The van der Waals surface area contributed by atoms with Crippen LogP contribution in [0.5, 0.6) is 0 Å². The molecule has 0 aromatic carbocycles. The van der Waals surface area contributed by atoms with Gasteiger partial charge in [-0.15, -0.1) is 0 Å². The molecule has 0 saturated heterocycles. The molecule has 1 aromatic rings. The second-order valence-corrected chi connectivity index (χ2v) is 6.51. The lowest BCUT2D eigenvalue weighted by molar-refractivity contribution is -0.131. The number of amides is 1. The standard InChI is InChI=1S/C16H20N2O3/c1-15(2)13(16(15,3)4)14(21)18-11-9-10(7-8-17-11)5-6-12(19)20/h5-9,13H,1-4H3,(H,19,20)(H,17,18,21)/b6-5+. The lowest BCUT2D eigenvalue weighted by Gasteiger charge is -2.06. The molecule has 112 valence electrons. The molecule has 0 aliphatic heterocycles. The summed E-state index contributed by atoms with van der Waals surface area (Å²) in [7, 11) is 0. The van der Waals surface area contributed by atoms with Crippen molar-refractivity contribution in [3.05, 3.63) is 30.0 Å². The summed E-state index contributed by atoms with van der Waals surface area (Å²) < 4.78 is 0. The predicted octanol–water partition coefficient (Wildman–Crippen LogP) is 2.80. The average Bonchev–Trinajstić information content (AvgIpc) is 2.77. The van der Waals surface area contributed by atoms with Crippen LogP contribution in [-0.2, 0) is 9.59 Å². The van der Waals surface area contributed by atoms with E-state index in [2.05, 4.69) is 38.0 Å². The van der Waals surface area contributed by atoms with E-state index in [4.69, 9.17) is 5.11 Å². The summed E-state index contributed by atoms with van der Waals surface area (Å²) in [5, 5.41) is 11.4. The van der Waals surface area contributed by atoms with Crippen molar-refractivity contribution in [1.82, 2.24) is 4.98 Å². The Hall–Kier alpha value is -2.17. The van der Waals surface area contributed by atoms with Crippen LogP contribution in [-0.4, -0.2) is 22.0 Å². The van der Waals surface area contributed by atoms with Crippen molar-refractivity contribution in [1.29, 1.82) is 0 Å². The number of carbonyl (C=O) groups excluding carboxylic acids is 1. The van der Waals surface area contributed by atoms with Crippen LogP contribution in [0.25, 0.3) is 6.08 Å². The van der Waals surface area contributed by atoms with E-state index >= 15 is 0 Å². The van der Waals surface area contributed by atoms with Gasteiger partial charge in [0.1, 0.15) is 5.82 Å². The largest absolute Gasteiger partial charge is 0.478 e. The maximum atomic E-state index is 12.3. The summed E-state index contributed by atoms with van der Waals surface area (Å²) >= 11 is 0. The van der Waals surface area contributed by atoms with Gasteiger partial charge in [-0.3, -0.25) is 4.79 Å². The second-order valence-electron chi connectivity index (χ2n) is 6.51. The fraction of sp³-hybridized carbons (Fsp3) is 0.438. The van der Waals surface area contributed by atoms with Gasteiger partial charge in [0, 0.05) is 18.2 Å². The third-order valence-corrected chi connectivity index (χ3v) is 4.74. The fourth-order valence-corrected chi connectivity index (χ4v) is 2.84. The predicted molar refractivity (Wildman–Crippen MR) is 80.6 cm³/mol. The number of hydrogen-bond acceptors (Lipinski definition) is 3. The molecule has 0 radical (unpaired) electrons. The van der Waals surface area contributed by atoms with Crippen molar-refractivity contribution in [3.8, 4) is 0 Å². The van der Waals surface area contributed by atoms with Crippen molar-refractivity contribution in [3.63, 3.8) is 0 Å². The lowest BCUT2D eigenvalue weighted by Crippen LogP contribution is -2.18. The van der Waals surface area contributed by atoms with E-state index in [1.807, 2.05) is 0 Å². The molecule has 1 saturated carbocycles. The van der Waals surface area contributed by atoms with Crippen LogP contribution < -0.4 is 5.32 Å². The number of nitrogens with one attached hydrogen (secondary N) is 1. The molecular formula is C16H20N2O3. The third kappa shape index (κ3) is 2.82. The molecule has 0 unspecified atom stereocenters. The zero-order valence-electron chi connectivity index (χ0n) is 12.7. The molecule has 5 heteroatoms. The normalized spacial score (nSPS) is 19.4. The van der Waals surface area contributed by atoms with Gasteiger partial charge in [0.05, 0.1) is 0 Å². The van der Waals surface area contributed by atoms with E-state index in [9.17, 15) is 9.59 Å². The zero-order valence-corrected chi connectivity index (χ0v) is 12.7. The van der Waals surface area contributed by atoms with Crippen LogP contribution >= 0.6 is 0 Å². The van der Waals surface area contributed by atoms with Gasteiger partial charge in [-0.2, -0.15) is 0 Å². The lowest BCUT2D eigenvalue weighted by atomic mass is 10.0. The topological polar surface area (TPSA) is 79.3 Å². The van der Waals surface area contributed by atoms with E-state index in [0.717, 1.165) is 6.08 Å². The molecule has 1 aliphatic rings. The van der Waals surface area contributed by atoms with E-state index in [1.165, 1.54) is 6.08 Å². The first-order valence-electron chi connectivity index (χ1n) is 6.84. The maximum absolute atomic E-state index is 12.3. The molecule has 1 amide bonds. The van der Waals surface area contributed by atoms with Crippen LogP contribution in [0, 0.1) is 16.7 Å². The summed E-state index contributed by atoms with van der Waals surface area (Å²) in [6.45, 7) is 8.32. The highest BCUT2D eigenvalue weighted by molar-refractivity contribution is 5.95. The second kappa shape index (κ2) is 4.98. The highest BCUT2D eigenvalue weighted by Crippen LogP contribution is 2.68. The monoisotopic (exact) mass is 288 g/mol. The number of aromatic nitrogens is 1. The first-order valence-corrected chi connectivity index (χ1v) is 6.84. The fourth-order valence-electron chi connectivity index (χ4n) is 2.84. The van der Waals surface area contributed by atoms with Gasteiger partial charge in [0.2, 0.25) is 5.91 Å². The Morgan fingerprint density at radius 2 is 1.90 bits per heavy atom. The summed E-state index contributed by atoms with van der Waals surface area (Å²) in [4.78, 5) is 26.9. The van der Waals surface area contributed by atoms with Gasteiger partial charge in [-0.25, -0.2) is 9.78 Å². The first kappa shape index (κ1) is 15.2. The highest BCUT2D eigenvalue weighted by Gasteiger charge is 2.68. The Bertz CT molecular complexity index is 604. The number of pyridine rings is 1. The van der Waals surface area contributed by atoms with Crippen molar-refractivity contribution in [2.45, 2.75) is 27.7 Å². The molecule has 2 N–H and O–H groups in total. The first-order chi connectivity index (χ1) is 9.66. The molecular weight excluding hydrogens is 268 g/mol. The van der Waals surface area contributed by atoms with Crippen LogP contribution in [0.2, 0.25) is 0 Å². The van der Waals surface area contributed by atoms with Crippen molar-refractivity contribution < 1.29 is 14.7 Å². The molecule has 1 aliphatic carbocycles. The summed E-state index contributed by atoms with van der Waals surface area (Å²) in [5.41, 5.74) is 0.618. The van der Waals surface area contributed by atoms with Gasteiger partial charge >= 0.3 is 5.97 Å². The molecule has 21 heavy (non-hydrogen) atoms.